The maximum Gasteiger partial charge on any atom is 0.344 e. The van der Waals surface area contributed by atoms with E-state index in [-0.39, 0.29) is 5.97 Å². The maximum atomic E-state index is 12.0. The Morgan fingerprint density at radius 2 is 1.95 bits per heavy atom. The third-order valence-electron chi connectivity index (χ3n) is 2.68. The lowest BCUT2D eigenvalue weighted by Crippen LogP contribution is -2.08. The van der Waals surface area contributed by atoms with E-state index in [0.717, 1.165) is 14.8 Å². The molecule has 2 heterocycles. The van der Waals surface area contributed by atoms with E-state index in [2.05, 4.69) is 4.98 Å². The second-order valence-corrected chi connectivity index (χ2v) is 6.26. The van der Waals surface area contributed by atoms with Gasteiger partial charge in [0.15, 0.2) is 0 Å². The quantitative estimate of drug-likeness (QED) is 0.673. The van der Waals surface area contributed by atoms with Crippen LogP contribution in [0, 0.1) is 6.92 Å². The van der Waals surface area contributed by atoms with Crippen molar-refractivity contribution >= 4 is 28.6 Å². The molecule has 3 aromatic rings. The Balaban J connectivity index is 1.83. The van der Waals surface area contributed by atoms with E-state index >= 15 is 0 Å². The molecule has 0 saturated carbocycles. The topological polar surface area (TPSA) is 39.2 Å². The average Bonchev–Trinajstić information content (AvgIpc) is 3.10. The zero-order valence-corrected chi connectivity index (χ0v) is 12.3. The molecule has 0 unspecified atom stereocenters. The van der Waals surface area contributed by atoms with Crippen molar-refractivity contribution in [3.63, 3.8) is 0 Å². The normalized spacial score (nSPS) is 10.4. The molecule has 0 aliphatic carbocycles. The summed E-state index contributed by atoms with van der Waals surface area (Å²) in [6.45, 7) is 1.91. The van der Waals surface area contributed by atoms with E-state index in [1.54, 1.807) is 23.5 Å². The van der Waals surface area contributed by atoms with E-state index in [1.807, 2.05) is 42.6 Å². The Kier molecular flexibility index (Phi) is 3.62. The van der Waals surface area contributed by atoms with Gasteiger partial charge in [-0.05, 0) is 30.5 Å². The number of benzene rings is 1. The van der Waals surface area contributed by atoms with Crippen LogP contribution in [0.3, 0.4) is 0 Å². The van der Waals surface area contributed by atoms with Crippen LogP contribution in [0.1, 0.15) is 15.2 Å². The van der Waals surface area contributed by atoms with Crippen molar-refractivity contribution in [1.29, 1.82) is 0 Å². The van der Waals surface area contributed by atoms with Crippen molar-refractivity contribution < 1.29 is 9.53 Å². The molecular formula is C15H11NO2S2. The number of hydrogen-bond acceptors (Lipinski definition) is 5. The molecule has 1 aromatic carbocycles. The smallest absolute Gasteiger partial charge is 0.344 e. The summed E-state index contributed by atoms with van der Waals surface area (Å²) in [4.78, 5) is 18.4. The fourth-order valence-corrected chi connectivity index (χ4v) is 3.34. The van der Waals surface area contributed by atoms with Crippen LogP contribution < -0.4 is 4.74 Å². The van der Waals surface area contributed by atoms with Gasteiger partial charge < -0.3 is 4.74 Å². The zero-order chi connectivity index (χ0) is 13.9. The molecule has 0 bridgehead atoms. The Labute approximate surface area is 124 Å². The van der Waals surface area contributed by atoms with Crippen LogP contribution in [0.25, 0.3) is 9.88 Å². The van der Waals surface area contributed by atoms with Crippen molar-refractivity contribution in [2.24, 2.45) is 0 Å². The molecular weight excluding hydrogens is 290 g/mol. The van der Waals surface area contributed by atoms with Crippen LogP contribution in [0.5, 0.6) is 5.88 Å². The van der Waals surface area contributed by atoms with Gasteiger partial charge in [-0.25, -0.2) is 9.78 Å². The molecule has 0 N–H and O–H groups in total. The first-order valence-electron chi connectivity index (χ1n) is 6.02. The number of rotatable bonds is 3. The van der Waals surface area contributed by atoms with E-state index in [0.29, 0.717) is 11.4 Å². The largest absolute Gasteiger partial charge is 0.403 e. The highest BCUT2D eigenvalue weighted by Gasteiger charge is 2.15. The van der Waals surface area contributed by atoms with E-state index in [9.17, 15) is 4.79 Å². The molecule has 100 valence electrons. The molecule has 0 atom stereocenters. The minimum atomic E-state index is -0.378. The third-order valence-corrected chi connectivity index (χ3v) is 4.68. The lowest BCUT2D eigenvalue weighted by atomic mass is 10.2. The number of carbonyl (C=O) groups excluding carboxylic acids is 1. The predicted molar refractivity (Wildman–Crippen MR) is 81.6 cm³/mol. The summed E-state index contributed by atoms with van der Waals surface area (Å²) in [5, 5.41) is 2.88. The van der Waals surface area contributed by atoms with E-state index in [4.69, 9.17) is 4.74 Å². The van der Waals surface area contributed by atoms with Crippen molar-refractivity contribution in [2.75, 3.05) is 0 Å². The Bertz CT molecular complexity index is 718. The lowest BCUT2D eigenvalue weighted by Gasteiger charge is -2.01. The summed E-state index contributed by atoms with van der Waals surface area (Å²) in [6.07, 6.45) is 0. The van der Waals surface area contributed by atoms with Gasteiger partial charge in [0.05, 0.1) is 15.3 Å². The SMILES string of the molecule is Cc1sc(-c2cccs2)nc1OC(=O)c1ccccc1. The minimum Gasteiger partial charge on any atom is -0.403 e. The molecule has 2 aromatic heterocycles. The number of carbonyl (C=O) groups is 1. The van der Waals surface area contributed by atoms with Gasteiger partial charge in [0, 0.05) is 0 Å². The van der Waals surface area contributed by atoms with E-state index in [1.165, 1.54) is 11.3 Å². The van der Waals surface area contributed by atoms with Gasteiger partial charge in [-0.2, -0.15) is 0 Å². The van der Waals surface area contributed by atoms with Crippen LogP contribution >= 0.6 is 22.7 Å². The number of nitrogens with zero attached hydrogens (tertiary/aromatic N) is 1. The molecule has 0 saturated heterocycles. The Hall–Kier alpha value is -1.98. The number of esters is 1. The molecule has 0 aliphatic rings. The first-order valence-corrected chi connectivity index (χ1v) is 7.72. The summed E-state index contributed by atoms with van der Waals surface area (Å²) < 4.78 is 5.37. The standard InChI is InChI=1S/C15H11NO2S2/c1-10-13(16-14(20-10)12-8-5-9-19-12)18-15(17)11-6-3-2-4-7-11/h2-9H,1H3. The van der Waals surface area contributed by atoms with Crippen molar-refractivity contribution in [3.8, 4) is 15.8 Å². The Morgan fingerprint density at radius 1 is 1.15 bits per heavy atom. The third kappa shape index (κ3) is 2.64. The van der Waals surface area contributed by atoms with Gasteiger partial charge in [0.1, 0.15) is 5.01 Å². The van der Waals surface area contributed by atoms with Crippen molar-refractivity contribution in [1.82, 2.24) is 4.98 Å². The van der Waals surface area contributed by atoms with Gasteiger partial charge in [0.25, 0.3) is 0 Å². The fourth-order valence-electron chi connectivity index (χ4n) is 1.70. The monoisotopic (exact) mass is 301 g/mol. The number of hydrogen-bond donors (Lipinski definition) is 0. The van der Waals surface area contributed by atoms with Crippen LogP contribution in [0.4, 0.5) is 0 Å². The molecule has 0 spiro atoms. The van der Waals surface area contributed by atoms with Crippen molar-refractivity contribution in [3.05, 3.63) is 58.3 Å². The van der Waals surface area contributed by atoms with Crippen LogP contribution in [-0.2, 0) is 0 Å². The first-order chi connectivity index (χ1) is 9.74. The van der Waals surface area contributed by atoms with Crippen molar-refractivity contribution in [2.45, 2.75) is 6.92 Å². The average molecular weight is 301 g/mol. The minimum absolute atomic E-state index is 0.378. The van der Waals surface area contributed by atoms with Crippen LogP contribution in [0.2, 0.25) is 0 Å². The van der Waals surface area contributed by atoms with Gasteiger partial charge in [-0.15, -0.1) is 22.7 Å². The molecule has 0 fully saturated rings. The summed E-state index contributed by atoms with van der Waals surface area (Å²) in [6, 6.07) is 12.9. The lowest BCUT2D eigenvalue weighted by molar-refractivity contribution is 0.0727. The summed E-state index contributed by atoms with van der Waals surface area (Å²) in [7, 11) is 0. The highest BCUT2D eigenvalue weighted by atomic mass is 32.1. The molecule has 0 amide bonds. The molecule has 5 heteroatoms. The second kappa shape index (κ2) is 5.56. The predicted octanol–water partition coefficient (Wildman–Crippen LogP) is 4.40. The highest BCUT2D eigenvalue weighted by molar-refractivity contribution is 7.21. The number of ether oxygens (including phenoxy) is 1. The number of thiophene rings is 1. The fraction of sp³-hybridized carbons (Fsp3) is 0.0667. The number of aromatic nitrogens is 1. The van der Waals surface area contributed by atoms with Gasteiger partial charge in [0.2, 0.25) is 5.88 Å². The number of thiazole rings is 1. The maximum absolute atomic E-state index is 12.0. The van der Waals surface area contributed by atoms with E-state index < -0.39 is 0 Å². The highest BCUT2D eigenvalue weighted by Crippen LogP contribution is 2.34. The van der Waals surface area contributed by atoms with Crippen LogP contribution in [0.15, 0.2) is 47.8 Å². The molecule has 3 nitrogen and oxygen atoms in total. The second-order valence-electron chi connectivity index (χ2n) is 4.11. The molecule has 0 radical (unpaired) electrons. The molecule has 20 heavy (non-hydrogen) atoms. The molecule has 3 rings (SSSR count). The summed E-state index contributed by atoms with van der Waals surface area (Å²) in [5.41, 5.74) is 0.526. The zero-order valence-electron chi connectivity index (χ0n) is 10.7. The summed E-state index contributed by atoms with van der Waals surface area (Å²) in [5.74, 6) is 0.0176. The Morgan fingerprint density at radius 3 is 2.65 bits per heavy atom. The van der Waals surface area contributed by atoms with Gasteiger partial charge in [-0.3, -0.25) is 0 Å². The number of aryl methyl sites for hydroxylation is 1. The molecule has 0 aliphatic heterocycles. The van der Waals surface area contributed by atoms with Gasteiger partial charge >= 0.3 is 5.97 Å². The van der Waals surface area contributed by atoms with Gasteiger partial charge in [-0.1, -0.05) is 24.3 Å². The first kappa shape index (κ1) is 13.0. The van der Waals surface area contributed by atoms with Crippen LogP contribution in [-0.4, -0.2) is 11.0 Å². The summed E-state index contributed by atoms with van der Waals surface area (Å²) >= 11 is 3.15.